The molecule has 0 radical (unpaired) electrons. The number of morpholine rings is 1. The summed E-state index contributed by atoms with van der Waals surface area (Å²) in [6.07, 6.45) is 0. The fraction of sp³-hybridized carbons (Fsp3) is 0.318. The lowest BCUT2D eigenvalue weighted by atomic mass is 10.2. The Bertz CT molecular complexity index is 917. The number of quaternary nitrogens is 1. The summed E-state index contributed by atoms with van der Waals surface area (Å²) in [4.78, 5) is 27.5. The number of hydrogen-bond donors (Lipinski definition) is 3. The molecule has 1 heterocycles. The Morgan fingerprint density at radius 3 is 2.30 bits per heavy atom. The largest absolute Gasteiger partial charge is 0.378 e. The fourth-order valence-corrected chi connectivity index (χ4v) is 3.26. The average Bonchev–Trinajstić information content (AvgIpc) is 2.74. The van der Waals surface area contributed by atoms with E-state index < -0.39 is 0 Å². The summed E-state index contributed by atoms with van der Waals surface area (Å²) >= 11 is 0. The smallest absolute Gasteiger partial charge is 0.279 e. The standard InChI is InChI=1S/C22H25N5O3/c1-26(16-22(29)25-19-4-2-3-17(13-19)14-23)15-21(28)24-18-5-7-20(8-6-18)27-9-11-30-12-10-27/h2-8,13H,9-12,15-16H2,1H3,(H,24,28)(H,25,29)/p+1. The van der Waals surface area contributed by atoms with E-state index in [9.17, 15) is 9.59 Å². The fourth-order valence-electron chi connectivity index (χ4n) is 3.26. The Labute approximate surface area is 176 Å². The van der Waals surface area contributed by atoms with Gasteiger partial charge in [0.2, 0.25) is 0 Å². The molecule has 3 N–H and O–H groups in total. The summed E-state index contributed by atoms with van der Waals surface area (Å²) in [5.41, 5.74) is 2.88. The van der Waals surface area contributed by atoms with Crippen molar-refractivity contribution in [3.05, 3.63) is 54.1 Å². The zero-order valence-electron chi connectivity index (χ0n) is 17.0. The molecule has 1 saturated heterocycles. The van der Waals surface area contributed by atoms with Gasteiger partial charge in [-0.3, -0.25) is 9.59 Å². The van der Waals surface area contributed by atoms with Crippen molar-refractivity contribution in [2.24, 2.45) is 0 Å². The van der Waals surface area contributed by atoms with E-state index in [1.807, 2.05) is 30.3 Å². The van der Waals surface area contributed by atoms with Gasteiger partial charge in [-0.25, -0.2) is 0 Å². The number of hydrogen-bond acceptors (Lipinski definition) is 5. The van der Waals surface area contributed by atoms with Crippen molar-refractivity contribution in [2.75, 3.05) is 62.0 Å². The van der Waals surface area contributed by atoms with Crippen LogP contribution in [0.5, 0.6) is 0 Å². The van der Waals surface area contributed by atoms with Crippen LogP contribution in [0.25, 0.3) is 0 Å². The molecule has 1 aliphatic rings. The summed E-state index contributed by atoms with van der Waals surface area (Å²) in [5, 5.41) is 14.5. The second-order valence-corrected chi connectivity index (χ2v) is 7.25. The first-order valence-electron chi connectivity index (χ1n) is 9.87. The van der Waals surface area contributed by atoms with E-state index in [0.29, 0.717) is 11.3 Å². The Morgan fingerprint density at radius 1 is 1.03 bits per heavy atom. The van der Waals surface area contributed by atoms with Crippen LogP contribution in [0.2, 0.25) is 0 Å². The first-order valence-corrected chi connectivity index (χ1v) is 9.87. The molecule has 8 nitrogen and oxygen atoms in total. The lowest BCUT2D eigenvalue weighted by Gasteiger charge is -2.28. The molecule has 3 rings (SSSR count). The van der Waals surface area contributed by atoms with Gasteiger partial charge in [-0.2, -0.15) is 5.26 Å². The number of likely N-dealkylation sites (N-methyl/N-ethyl adjacent to an activating group) is 1. The van der Waals surface area contributed by atoms with E-state index >= 15 is 0 Å². The molecule has 1 aliphatic heterocycles. The molecule has 0 aliphatic carbocycles. The third-order valence-corrected chi connectivity index (χ3v) is 4.73. The summed E-state index contributed by atoms with van der Waals surface area (Å²) in [6, 6.07) is 16.5. The number of carbonyl (C=O) groups excluding carboxylic acids is 2. The molecular weight excluding hydrogens is 382 g/mol. The van der Waals surface area contributed by atoms with Gasteiger partial charge in [0.25, 0.3) is 11.8 Å². The third kappa shape index (κ3) is 6.30. The highest BCUT2D eigenvalue weighted by Crippen LogP contribution is 2.18. The Hall–Kier alpha value is -3.41. The van der Waals surface area contributed by atoms with Gasteiger partial charge in [0.05, 0.1) is 31.9 Å². The van der Waals surface area contributed by atoms with E-state index in [1.165, 1.54) is 0 Å². The van der Waals surface area contributed by atoms with E-state index in [-0.39, 0.29) is 24.9 Å². The molecule has 2 amide bonds. The highest BCUT2D eigenvalue weighted by atomic mass is 16.5. The molecule has 0 aromatic heterocycles. The molecule has 156 valence electrons. The van der Waals surface area contributed by atoms with Crippen molar-refractivity contribution in [1.29, 1.82) is 5.26 Å². The third-order valence-electron chi connectivity index (χ3n) is 4.73. The average molecular weight is 408 g/mol. The van der Waals surface area contributed by atoms with E-state index in [4.69, 9.17) is 10.00 Å². The van der Waals surface area contributed by atoms with Crippen molar-refractivity contribution in [2.45, 2.75) is 0 Å². The number of rotatable bonds is 7. The van der Waals surface area contributed by atoms with Crippen LogP contribution in [0.3, 0.4) is 0 Å². The van der Waals surface area contributed by atoms with Crippen LogP contribution in [0.4, 0.5) is 17.1 Å². The monoisotopic (exact) mass is 408 g/mol. The highest BCUT2D eigenvalue weighted by molar-refractivity contribution is 5.93. The van der Waals surface area contributed by atoms with Crippen LogP contribution < -0.4 is 20.4 Å². The quantitative estimate of drug-likeness (QED) is 0.619. The van der Waals surface area contributed by atoms with Crippen molar-refractivity contribution < 1.29 is 19.2 Å². The summed E-state index contributed by atoms with van der Waals surface area (Å²) < 4.78 is 5.36. The predicted octanol–water partition coefficient (Wildman–Crippen LogP) is 0.487. The van der Waals surface area contributed by atoms with Gasteiger partial charge in [0, 0.05) is 30.2 Å². The molecule has 0 saturated carbocycles. The van der Waals surface area contributed by atoms with Crippen molar-refractivity contribution in [1.82, 2.24) is 0 Å². The minimum absolute atomic E-state index is 0.139. The molecule has 1 atom stereocenters. The summed E-state index contributed by atoms with van der Waals surface area (Å²) in [6.45, 7) is 3.48. The Balaban J connectivity index is 1.44. The Morgan fingerprint density at radius 2 is 1.67 bits per heavy atom. The molecule has 0 spiro atoms. The molecule has 8 heteroatoms. The maximum absolute atomic E-state index is 12.3. The first-order chi connectivity index (χ1) is 14.5. The van der Waals surface area contributed by atoms with Crippen LogP contribution >= 0.6 is 0 Å². The van der Waals surface area contributed by atoms with Crippen molar-refractivity contribution in [3.8, 4) is 6.07 Å². The van der Waals surface area contributed by atoms with Crippen LogP contribution in [0.1, 0.15) is 5.56 Å². The number of benzene rings is 2. The number of anilines is 3. The number of nitrogens with zero attached hydrogens (tertiary/aromatic N) is 2. The zero-order valence-corrected chi connectivity index (χ0v) is 17.0. The molecule has 0 bridgehead atoms. The summed E-state index contributed by atoms with van der Waals surface area (Å²) in [5.74, 6) is -0.379. The van der Waals surface area contributed by atoms with Gasteiger partial charge in [-0.1, -0.05) is 6.07 Å². The number of nitriles is 1. The zero-order chi connectivity index (χ0) is 21.3. The maximum atomic E-state index is 12.3. The van der Waals surface area contributed by atoms with Gasteiger partial charge in [-0.15, -0.1) is 0 Å². The van der Waals surface area contributed by atoms with Gasteiger partial charge < -0.3 is 25.2 Å². The number of nitrogens with one attached hydrogen (secondary N) is 3. The van der Waals surface area contributed by atoms with Gasteiger partial charge in [0.15, 0.2) is 13.1 Å². The lowest BCUT2D eigenvalue weighted by molar-refractivity contribution is -0.862. The molecule has 1 unspecified atom stereocenters. The molecule has 1 fully saturated rings. The normalized spacial score (nSPS) is 14.5. The lowest BCUT2D eigenvalue weighted by Crippen LogP contribution is -3.11. The van der Waals surface area contributed by atoms with Gasteiger partial charge in [0.1, 0.15) is 0 Å². The number of ether oxygens (including phenoxy) is 1. The number of amides is 2. The van der Waals surface area contributed by atoms with E-state index in [1.54, 1.807) is 31.3 Å². The second kappa shape index (κ2) is 10.4. The van der Waals surface area contributed by atoms with E-state index in [2.05, 4.69) is 15.5 Å². The van der Waals surface area contributed by atoms with Gasteiger partial charge in [-0.05, 0) is 42.5 Å². The predicted molar refractivity (Wildman–Crippen MR) is 115 cm³/mol. The SMILES string of the molecule is C[NH+](CC(=O)Nc1ccc(N2CCOCC2)cc1)CC(=O)Nc1cccc(C#N)c1. The summed E-state index contributed by atoms with van der Waals surface area (Å²) in [7, 11) is 1.78. The van der Waals surface area contributed by atoms with Crippen molar-refractivity contribution in [3.63, 3.8) is 0 Å². The van der Waals surface area contributed by atoms with Crippen molar-refractivity contribution >= 4 is 28.9 Å². The molecule has 2 aromatic rings. The van der Waals surface area contributed by atoms with E-state index in [0.717, 1.165) is 42.6 Å². The van der Waals surface area contributed by atoms with Crippen LogP contribution in [0.15, 0.2) is 48.5 Å². The topological polar surface area (TPSA) is 98.9 Å². The molecular formula is C22H26N5O3+. The molecule has 30 heavy (non-hydrogen) atoms. The van der Waals surface area contributed by atoms with Crippen LogP contribution in [-0.4, -0.2) is 58.3 Å². The minimum atomic E-state index is -0.217. The van der Waals surface area contributed by atoms with Crippen LogP contribution in [-0.2, 0) is 14.3 Å². The van der Waals surface area contributed by atoms with Gasteiger partial charge >= 0.3 is 0 Å². The highest BCUT2D eigenvalue weighted by Gasteiger charge is 2.15. The minimum Gasteiger partial charge on any atom is -0.378 e. The van der Waals surface area contributed by atoms with Crippen LogP contribution in [0, 0.1) is 11.3 Å². The second-order valence-electron chi connectivity index (χ2n) is 7.25. The maximum Gasteiger partial charge on any atom is 0.279 e. The first kappa shape index (κ1) is 21.3. The Kier molecular flexibility index (Phi) is 7.38. The number of carbonyl (C=O) groups is 2. The molecule has 2 aromatic carbocycles.